The van der Waals surface area contributed by atoms with Gasteiger partial charge in [0.1, 0.15) is 18.3 Å². The van der Waals surface area contributed by atoms with E-state index in [1.54, 1.807) is 25.1 Å². The first-order valence-corrected chi connectivity index (χ1v) is 17.6. The molecule has 260 valence electrons. The molecule has 0 saturated carbocycles. The first-order chi connectivity index (χ1) is 23.4. The van der Waals surface area contributed by atoms with Crippen molar-refractivity contribution in [1.29, 1.82) is 0 Å². The molecular weight excluding hydrogens is 713 g/mol. The number of nitrogens with one attached hydrogen (secondary N) is 1. The van der Waals surface area contributed by atoms with E-state index in [9.17, 15) is 18.0 Å². The minimum absolute atomic E-state index is 0.00485. The molecule has 4 aromatic rings. The molecule has 0 aliphatic heterocycles. The van der Waals surface area contributed by atoms with Gasteiger partial charge in [0.25, 0.3) is 10.0 Å². The summed E-state index contributed by atoms with van der Waals surface area (Å²) >= 11 is 18.9. The zero-order chi connectivity index (χ0) is 35.7. The first kappa shape index (κ1) is 37.7. The maximum absolute atomic E-state index is 14.7. The second-order valence-corrected chi connectivity index (χ2v) is 13.8. The standard InChI is InChI=1S/C35H36Cl3N3O7S/c1-5-39-35(43)30(18-23-9-7-6-8-10-23)40(21-24-11-14-27(37)28(38)17-24)34(42)22-41(29-19-25(36)12-15-31(29)46-2)49(44,45)26-13-16-32(47-3)33(20-26)48-4/h6-17,19-20,30H,5,18,21-22H2,1-4H3,(H,39,43)/t30-/m0/s1. The molecule has 4 aromatic carbocycles. The molecule has 0 bridgehead atoms. The number of amides is 2. The van der Waals surface area contributed by atoms with Crippen LogP contribution in [0.1, 0.15) is 18.1 Å². The van der Waals surface area contributed by atoms with Crippen molar-refractivity contribution < 1.29 is 32.2 Å². The van der Waals surface area contributed by atoms with Gasteiger partial charge in [0, 0.05) is 30.6 Å². The zero-order valence-electron chi connectivity index (χ0n) is 27.3. The number of ether oxygens (including phenoxy) is 3. The number of halogens is 3. The summed E-state index contributed by atoms with van der Waals surface area (Å²) in [6.45, 7) is 1.24. The van der Waals surface area contributed by atoms with Crippen molar-refractivity contribution in [2.75, 3.05) is 38.7 Å². The Kier molecular flexibility index (Phi) is 13.0. The fourth-order valence-corrected chi connectivity index (χ4v) is 7.08. The predicted octanol–water partition coefficient (Wildman–Crippen LogP) is 6.64. The Hall–Kier alpha value is -4.16. The Bertz CT molecular complexity index is 1900. The molecule has 4 rings (SSSR count). The van der Waals surface area contributed by atoms with Crippen LogP contribution in [0.3, 0.4) is 0 Å². The quantitative estimate of drug-likeness (QED) is 0.145. The molecule has 0 unspecified atom stereocenters. The summed E-state index contributed by atoms with van der Waals surface area (Å²) in [5.41, 5.74) is 1.36. The van der Waals surface area contributed by atoms with E-state index in [1.165, 1.54) is 62.6 Å². The maximum Gasteiger partial charge on any atom is 0.265 e. The highest BCUT2D eigenvalue weighted by atomic mass is 35.5. The Balaban J connectivity index is 1.89. The SMILES string of the molecule is CCNC(=O)[C@H](Cc1ccccc1)N(Cc1ccc(Cl)c(Cl)c1)C(=O)CN(c1cc(Cl)ccc1OC)S(=O)(=O)c1ccc(OC)c(OC)c1. The number of benzene rings is 4. The lowest BCUT2D eigenvalue weighted by molar-refractivity contribution is -0.140. The second-order valence-electron chi connectivity index (χ2n) is 10.7. The molecule has 0 fully saturated rings. The molecular formula is C35H36Cl3N3O7S. The van der Waals surface area contributed by atoms with Gasteiger partial charge in [-0.1, -0.05) is 71.2 Å². The Morgan fingerprint density at radius 2 is 1.45 bits per heavy atom. The lowest BCUT2D eigenvalue weighted by Gasteiger charge is -2.34. The number of carbonyl (C=O) groups excluding carboxylic acids is 2. The van der Waals surface area contributed by atoms with Crippen molar-refractivity contribution >= 4 is 62.3 Å². The van der Waals surface area contributed by atoms with Crippen LogP contribution in [0.2, 0.25) is 15.1 Å². The van der Waals surface area contributed by atoms with Gasteiger partial charge in [0.2, 0.25) is 11.8 Å². The van der Waals surface area contributed by atoms with E-state index in [4.69, 9.17) is 49.0 Å². The number of hydrogen-bond donors (Lipinski definition) is 1. The molecule has 1 N–H and O–H groups in total. The number of hydrogen-bond acceptors (Lipinski definition) is 7. The molecule has 0 spiro atoms. The predicted molar refractivity (Wildman–Crippen MR) is 192 cm³/mol. The molecule has 0 heterocycles. The van der Waals surface area contributed by atoms with Gasteiger partial charge in [-0.3, -0.25) is 13.9 Å². The van der Waals surface area contributed by atoms with E-state index >= 15 is 0 Å². The van der Waals surface area contributed by atoms with Crippen LogP contribution in [0.25, 0.3) is 0 Å². The van der Waals surface area contributed by atoms with E-state index in [0.29, 0.717) is 22.9 Å². The molecule has 1 atom stereocenters. The number of anilines is 1. The van der Waals surface area contributed by atoms with E-state index in [1.807, 2.05) is 30.3 Å². The lowest BCUT2D eigenvalue weighted by Crippen LogP contribution is -2.53. The molecule has 14 heteroatoms. The van der Waals surface area contributed by atoms with Crippen molar-refractivity contribution in [2.24, 2.45) is 0 Å². The highest BCUT2D eigenvalue weighted by molar-refractivity contribution is 7.92. The molecule has 10 nitrogen and oxygen atoms in total. The lowest BCUT2D eigenvalue weighted by atomic mass is 10.0. The van der Waals surface area contributed by atoms with Crippen LogP contribution in [0, 0.1) is 0 Å². The van der Waals surface area contributed by atoms with E-state index in [-0.39, 0.29) is 45.1 Å². The summed E-state index contributed by atoms with van der Waals surface area (Å²) < 4.78 is 46.1. The average molecular weight is 749 g/mol. The van der Waals surface area contributed by atoms with Gasteiger partial charge in [-0.05, 0) is 60.5 Å². The summed E-state index contributed by atoms with van der Waals surface area (Å²) in [7, 11) is -0.338. The minimum Gasteiger partial charge on any atom is -0.495 e. The van der Waals surface area contributed by atoms with Crippen molar-refractivity contribution in [3.63, 3.8) is 0 Å². The maximum atomic E-state index is 14.7. The third kappa shape index (κ3) is 9.10. The third-order valence-electron chi connectivity index (χ3n) is 7.59. The molecule has 0 aliphatic carbocycles. The van der Waals surface area contributed by atoms with Gasteiger partial charge in [-0.15, -0.1) is 0 Å². The van der Waals surface area contributed by atoms with Crippen LogP contribution < -0.4 is 23.8 Å². The summed E-state index contributed by atoms with van der Waals surface area (Å²) in [4.78, 5) is 29.5. The van der Waals surface area contributed by atoms with Gasteiger partial charge >= 0.3 is 0 Å². The summed E-state index contributed by atoms with van der Waals surface area (Å²) in [6, 6.07) is 21.5. The third-order valence-corrected chi connectivity index (χ3v) is 10.3. The second kappa shape index (κ2) is 17.0. The van der Waals surface area contributed by atoms with E-state index in [0.717, 1.165) is 9.87 Å². The number of sulfonamides is 1. The van der Waals surface area contributed by atoms with Gasteiger partial charge < -0.3 is 24.4 Å². The average Bonchev–Trinajstić information content (AvgIpc) is 3.10. The fraction of sp³-hybridized carbons (Fsp3) is 0.257. The smallest absolute Gasteiger partial charge is 0.265 e. The summed E-state index contributed by atoms with van der Waals surface area (Å²) in [6.07, 6.45) is 0.142. The Morgan fingerprint density at radius 1 is 0.776 bits per heavy atom. The van der Waals surface area contributed by atoms with Crippen LogP contribution in [0.15, 0.2) is 89.8 Å². The van der Waals surface area contributed by atoms with Crippen molar-refractivity contribution in [2.45, 2.75) is 30.8 Å². The number of rotatable bonds is 15. The van der Waals surface area contributed by atoms with Crippen molar-refractivity contribution in [1.82, 2.24) is 10.2 Å². The molecule has 0 aliphatic rings. The number of methoxy groups -OCH3 is 3. The van der Waals surface area contributed by atoms with Crippen LogP contribution in [-0.4, -0.2) is 65.6 Å². The first-order valence-electron chi connectivity index (χ1n) is 15.1. The van der Waals surface area contributed by atoms with Crippen LogP contribution >= 0.6 is 34.8 Å². The number of nitrogens with zero attached hydrogens (tertiary/aromatic N) is 2. The van der Waals surface area contributed by atoms with Crippen molar-refractivity contribution in [3.05, 3.63) is 111 Å². The van der Waals surface area contributed by atoms with Crippen LogP contribution in [0.5, 0.6) is 17.2 Å². The summed E-state index contributed by atoms with van der Waals surface area (Å²) in [5, 5.41) is 3.59. The molecule has 0 radical (unpaired) electrons. The van der Waals surface area contributed by atoms with Crippen LogP contribution in [0.4, 0.5) is 5.69 Å². The largest absolute Gasteiger partial charge is 0.495 e. The van der Waals surface area contributed by atoms with Crippen molar-refractivity contribution in [3.8, 4) is 17.2 Å². The Morgan fingerprint density at radius 3 is 2.08 bits per heavy atom. The van der Waals surface area contributed by atoms with Gasteiger partial charge in [-0.25, -0.2) is 8.42 Å². The minimum atomic E-state index is -4.52. The van der Waals surface area contributed by atoms with E-state index in [2.05, 4.69) is 5.32 Å². The van der Waals surface area contributed by atoms with E-state index < -0.39 is 34.4 Å². The number of carbonyl (C=O) groups is 2. The zero-order valence-corrected chi connectivity index (χ0v) is 30.4. The van der Waals surface area contributed by atoms with Gasteiger partial charge in [0.05, 0.1) is 42.0 Å². The molecule has 49 heavy (non-hydrogen) atoms. The highest BCUT2D eigenvalue weighted by Crippen LogP contribution is 2.37. The highest BCUT2D eigenvalue weighted by Gasteiger charge is 2.36. The fourth-order valence-electron chi connectivity index (χ4n) is 5.16. The van der Waals surface area contributed by atoms with Crippen LogP contribution in [-0.2, 0) is 32.6 Å². The van der Waals surface area contributed by atoms with Gasteiger partial charge in [-0.2, -0.15) is 0 Å². The summed E-state index contributed by atoms with van der Waals surface area (Å²) in [5.74, 6) is -0.503. The molecule has 0 aromatic heterocycles. The molecule has 2 amide bonds. The monoisotopic (exact) mass is 747 g/mol. The topological polar surface area (TPSA) is 114 Å². The molecule has 0 saturated heterocycles. The normalized spacial score (nSPS) is 11.7. The Labute approximate surface area is 301 Å². The van der Waals surface area contributed by atoms with Gasteiger partial charge in [0.15, 0.2) is 11.5 Å². The number of likely N-dealkylation sites (N-methyl/N-ethyl adjacent to an activating group) is 1.